The average molecular weight is 256 g/mol. The van der Waals surface area contributed by atoms with Crippen LogP contribution in [0.15, 0.2) is 24.3 Å². The lowest BCUT2D eigenvalue weighted by molar-refractivity contribution is 0.0765. The van der Waals surface area contributed by atoms with Crippen LogP contribution >= 0.6 is 11.6 Å². The summed E-state index contributed by atoms with van der Waals surface area (Å²) >= 11 is 5.70. The van der Waals surface area contributed by atoms with Crippen LogP contribution in [0.3, 0.4) is 0 Å². The number of nitrogens with zero attached hydrogens (tertiary/aromatic N) is 1. The first-order chi connectivity index (χ1) is 8.22. The molecule has 1 aromatic rings. The van der Waals surface area contributed by atoms with Crippen LogP contribution in [0.2, 0.25) is 0 Å². The summed E-state index contributed by atoms with van der Waals surface area (Å²) in [6, 6.07) is 7.18. The van der Waals surface area contributed by atoms with Gasteiger partial charge in [0.15, 0.2) is 0 Å². The zero-order valence-corrected chi connectivity index (χ0v) is 11.0. The van der Waals surface area contributed by atoms with Gasteiger partial charge in [-0.2, -0.15) is 0 Å². The Bertz CT molecular complexity index is 362. The summed E-state index contributed by atoms with van der Waals surface area (Å²) in [5, 5.41) is 0. The van der Waals surface area contributed by atoms with Crippen LogP contribution < -0.4 is 4.74 Å². The zero-order chi connectivity index (χ0) is 12.7. The van der Waals surface area contributed by atoms with Gasteiger partial charge in [0.1, 0.15) is 5.75 Å². The molecule has 0 unspecified atom stereocenters. The molecule has 1 aromatic carbocycles. The van der Waals surface area contributed by atoms with Crippen LogP contribution in [0.4, 0.5) is 0 Å². The van der Waals surface area contributed by atoms with Crippen LogP contribution in [0, 0.1) is 0 Å². The smallest absolute Gasteiger partial charge is 0.254 e. The Morgan fingerprint density at radius 1 is 1.41 bits per heavy atom. The van der Waals surface area contributed by atoms with Gasteiger partial charge in [0.2, 0.25) is 0 Å². The molecule has 0 saturated heterocycles. The second kappa shape index (κ2) is 7.17. The van der Waals surface area contributed by atoms with Crippen molar-refractivity contribution in [2.24, 2.45) is 0 Å². The van der Waals surface area contributed by atoms with Gasteiger partial charge in [0.25, 0.3) is 5.91 Å². The summed E-state index contributed by atoms with van der Waals surface area (Å²) in [5.74, 6) is 1.15. The summed E-state index contributed by atoms with van der Waals surface area (Å²) in [5.41, 5.74) is 0.642. The highest BCUT2D eigenvalue weighted by Crippen LogP contribution is 2.14. The Kier molecular flexibility index (Phi) is 5.84. The van der Waals surface area contributed by atoms with Gasteiger partial charge in [-0.15, -0.1) is 11.6 Å². The zero-order valence-electron chi connectivity index (χ0n) is 10.3. The number of alkyl halides is 1. The van der Waals surface area contributed by atoms with Crippen molar-refractivity contribution in [1.82, 2.24) is 4.90 Å². The van der Waals surface area contributed by atoms with Crippen LogP contribution in [-0.2, 0) is 0 Å². The number of methoxy groups -OCH3 is 1. The Labute approximate surface area is 107 Å². The molecule has 0 atom stereocenters. The summed E-state index contributed by atoms with van der Waals surface area (Å²) in [6.07, 6.45) is 0.923. The van der Waals surface area contributed by atoms with E-state index in [0.717, 1.165) is 13.0 Å². The van der Waals surface area contributed by atoms with E-state index in [4.69, 9.17) is 16.3 Å². The molecule has 94 valence electrons. The largest absolute Gasteiger partial charge is 0.497 e. The Balaban J connectivity index is 2.84. The molecule has 0 aliphatic heterocycles. The van der Waals surface area contributed by atoms with Gasteiger partial charge in [0.05, 0.1) is 7.11 Å². The molecule has 0 radical (unpaired) electrons. The van der Waals surface area contributed by atoms with Crippen LogP contribution in [0.1, 0.15) is 23.7 Å². The SMILES string of the molecule is CCCN(CCCl)C(=O)c1cccc(OC)c1. The molecule has 3 nitrogen and oxygen atoms in total. The van der Waals surface area contributed by atoms with Gasteiger partial charge in [-0.05, 0) is 24.6 Å². The van der Waals surface area contributed by atoms with Crippen molar-refractivity contribution < 1.29 is 9.53 Å². The molecule has 17 heavy (non-hydrogen) atoms. The molecule has 0 fully saturated rings. The molecule has 0 aromatic heterocycles. The number of hydrogen-bond acceptors (Lipinski definition) is 2. The van der Waals surface area contributed by atoms with Gasteiger partial charge in [-0.3, -0.25) is 4.79 Å². The van der Waals surface area contributed by atoms with E-state index in [-0.39, 0.29) is 5.91 Å². The number of carbonyl (C=O) groups is 1. The highest BCUT2D eigenvalue weighted by atomic mass is 35.5. The van der Waals surface area contributed by atoms with Crippen LogP contribution in [-0.4, -0.2) is 36.9 Å². The number of ether oxygens (including phenoxy) is 1. The van der Waals surface area contributed by atoms with E-state index in [2.05, 4.69) is 0 Å². The van der Waals surface area contributed by atoms with E-state index < -0.39 is 0 Å². The molecule has 0 heterocycles. The normalized spacial score (nSPS) is 10.1. The molecule has 0 bridgehead atoms. The van der Waals surface area contributed by atoms with E-state index in [1.807, 2.05) is 19.1 Å². The van der Waals surface area contributed by atoms with Gasteiger partial charge in [0, 0.05) is 24.5 Å². The third-order valence-corrected chi connectivity index (χ3v) is 2.62. The minimum atomic E-state index is 0.00593. The van der Waals surface area contributed by atoms with Crippen molar-refractivity contribution in [2.75, 3.05) is 26.1 Å². The van der Waals surface area contributed by atoms with Crippen LogP contribution in [0.5, 0.6) is 5.75 Å². The maximum atomic E-state index is 12.2. The number of hydrogen-bond donors (Lipinski definition) is 0. The summed E-state index contributed by atoms with van der Waals surface area (Å²) < 4.78 is 5.11. The first kappa shape index (κ1) is 13.8. The van der Waals surface area contributed by atoms with E-state index in [1.54, 1.807) is 24.1 Å². The predicted octanol–water partition coefficient (Wildman–Crippen LogP) is 2.79. The van der Waals surface area contributed by atoms with Crippen LogP contribution in [0.25, 0.3) is 0 Å². The summed E-state index contributed by atoms with van der Waals surface area (Å²) in [4.78, 5) is 14.0. The molecule has 0 saturated carbocycles. The third kappa shape index (κ3) is 3.93. The highest BCUT2D eigenvalue weighted by molar-refractivity contribution is 6.18. The van der Waals surface area contributed by atoms with Crippen molar-refractivity contribution in [2.45, 2.75) is 13.3 Å². The molecule has 0 N–H and O–H groups in total. The van der Waals surface area contributed by atoms with Crippen molar-refractivity contribution in [1.29, 1.82) is 0 Å². The molecule has 1 amide bonds. The first-order valence-corrected chi connectivity index (χ1v) is 6.25. The molecular formula is C13H18ClNO2. The van der Waals surface area contributed by atoms with Gasteiger partial charge >= 0.3 is 0 Å². The molecule has 0 aliphatic rings. The van der Waals surface area contributed by atoms with Gasteiger partial charge in [-0.25, -0.2) is 0 Å². The number of carbonyl (C=O) groups excluding carboxylic acids is 1. The maximum Gasteiger partial charge on any atom is 0.254 e. The molecule has 1 rings (SSSR count). The second-order valence-corrected chi connectivity index (χ2v) is 4.09. The Morgan fingerprint density at radius 3 is 2.76 bits per heavy atom. The van der Waals surface area contributed by atoms with Crippen molar-refractivity contribution >= 4 is 17.5 Å². The van der Waals surface area contributed by atoms with E-state index >= 15 is 0 Å². The molecule has 4 heteroatoms. The van der Waals surface area contributed by atoms with Crippen molar-refractivity contribution in [3.63, 3.8) is 0 Å². The topological polar surface area (TPSA) is 29.5 Å². The monoisotopic (exact) mass is 255 g/mol. The van der Waals surface area contributed by atoms with Gasteiger partial charge in [-0.1, -0.05) is 13.0 Å². The maximum absolute atomic E-state index is 12.2. The summed E-state index contributed by atoms with van der Waals surface area (Å²) in [7, 11) is 1.59. The van der Waals surface area contributed by atoms with E-state index in [0.29, 0.717) is 23.7 Å². The standard InChI is InChI=1S/C13H18ClNO2/c1-3-8-15(9-7-14)13(16)11-5-4-6-12(10-11)17-2/h4-6,10H,3,7-9H2,1-2H3. The Morgan fingerprint density at radius 2 is 2.18 bits per heavy atom. The number of halogens is 1. The number of amides is 1. The molecule has 0 spiro atoms. The fourth-order valence-corrected chi connectivity index (χ4v) is 1.83. The van der Waals surface area contributed by atoms with Crippen molar-refractivity contribution in [3.8, 4) is 5.75 Å². The van der Waals surface area contributed by atoms with E-state index in [1.165, 1.54) is 0 Å². The minimum Gasteiger partial charge on any atom is -0.497 e. The first-order valence-electron chi connectivity index (χ1n) is 5.72. The fourth-order valence-electron chi connectivity index (χ4n) is 1.63. The summed E-state index contributed by atoms with van der Waals surface area (Å²) in [6.45, 7) is 3.34. The fraction of sp³-hybridized carbons (Fsp3) is 0.462. The lowest BCUT2D eigenvalue weighted by Gasteiger charge is -2.21. The third-order valence-electron chi connectivity index (χ3n) is 2.45. The minimum absolute atomic E-state index is 0.00593. The number of benzene rings is 1. The lowest BCUT2D eigenvalue weighted by atomic mass is 10.2. The van der Waals surface area contributed by atoms with E-state index in [9.17, 15) is 4.79 Å². The molecule has 0 aliphatic carbocycles. The second-order valence-electron chi connectivity index (χ2n) is 3.71. The number of rotatable bonds is 6. The van der Waals surface area contributed by atoms with Crippen molar-refractivity contribution in [3.05, 3.63) is 29.8 Å². The highest BCUT2D eigenvalue weighted by Gasteiger charge is 2.14. The quantitative estimate of drug-likeness (QED) is 0.732. The van der Waals surface area contributed by atoms with Gasteiger partial charge < -0.3 is 9.64 Å². The predicted molar refractivity (Wildman–Crippen MR) is 69.9 cm³/mol. The molecular weight excluding hydrogens is 238 g/mol. The average Bonchev–Trinajstić information content (AvgIpc) is 2.38. The Hall–Kier alpha value is -1.22. The lowest BCUT2D eigenvalue weighted by Crippen LogP contribution is -2.33.